The second-order valence-electron chi connectivity index (χ2n) is 8.05. The molecule has 0 aliphatic carbocycles. The van der Waals surface area contributed by atoms with Crippen LogP contribution in [0.5, 0.6) is 0 Å². The largest absolute Gasteiger partial charge is 0.368 e. The summed E-state index contributed by atoms with van der Waals surface area (Å²) in [7, 11) is 0. The lowest BCUT2D eigenvalue weighted by Gasteiger charge is -2.35. The Balaban J connectivity index is 1.46. The third kappa shape index (κ3) is 7.03. The molecule has 1 saturated heterocycles. The first-order valence-corrected chi connectivity index (χ1v) is 12.7. The van der Waals surface area contributed by atoms with Crippen molar-refractivity contribution in [2.24, 2.45) is 0 Å². The zero-order valence-electron chi connectivity index (χ0n) is 19.4. The monoisotopic (exact) mass is 510 g/mol. The van der Waals surface area contributed by atoms with Crippen molar-refractivity contribution >= 4 is 52.5 Å². The third-order valence-electron chi connectivity index (χ3n) is 5.50. The van der Waals surface area contributed by atoms with Crippen LogP contribution in [0.4, 0.5) is 11.6 Å². The van der Waals surface area contributed by atoms with Gasteiger partial charge in [-0.15, -0.1) is 0 Å². The van der Waals surface area contributed by atoms with Crippen LogP contribution >= 0.6 is 22.9 Å². The number of nitrogens with one attached hydrogen (secondary N) is 2. The molecule has 2 N–H and O–H groups in total. The van der Waals surface area contributed by atoms with Gasteiger partial charge in [0, 0.05) is 68.9 Å². The first-order valence-electron chi connectivity index (χ1n) is 11.4. The number of benzene rings is 1. The molecule has 3 heterocycles. The molecule has 1 aromatic carbocycles. The average Bonchev–Trinajstić information content (AvgIpc) is 3.39. The lowest BCUT2D eigenvalue weighted by molar-refractivity contribution is -0.126. The molecule has 3 aromatic rings. The van der Waals surface area contributed by atoms with Crippen LogP contribution in [0, 0.1) is 0 Å². The topological polar surface area (TPSA) is 90.5 Å². The normalized spacial score (nSPS) is 13.8. The zero-order chi connectivity index (χ0) is 24.6. The van der Waals surface area contributed by atoms with Gasteiger partial charge in [-0.3, -0.25) is 9.59 Å². The van der Waals surface area contributed by atoms with Crippen molar-refractivity contribution < 1.29 is 9.59 Å². The van der Waals surface area contributed by atoms with Gasteiger partial charge in [-0.2, -0.15) is 11.3 Å². The first kappa shape index (κ1) is 24.7. The molecule has 0 unspecified atom stereocenters. The molecule has 1 aliphatic heterocycles. The van der Waals surface area contributed by atoms with Gasteiger partial charge in [-0.25, -0.2) is 9.97 Å². The van der Waals surface area contributed by atoms with Crippen molar-refractivity contribution in [3.05, 3.63) is 63.8 Å². The van der Waals surface area contributed by atoms with E-state index in [1.54, 1.807) is 17.4 Å². The molecule has 0 atom stereocenters. The molecule has 1 aliphatic rings. The summed E-state index contributed by atoms with van der Waals surface area (Å²) in [6.45, 7) is 5.07. The molecule has 0 radical (unpaired) electrons. The Morgan fingerprint density at radius 3 is 2.54 bits per heavy atom. The number of anilines is 2. The van der Waals surface area contributed by atoms with Crippen LogP contribution in [0.1, 0.15) is 12.5 Å². The number of nitrogens with zero attached hydrogens (tertiary/aromatic N) is 4. The molecular formula is C25H27ClN6O2S. The highest BCUT2D eigenvalue weighted by atomic mass is 35.5. The average molecular weight is 511 g/mol. The molecule has 182 valence electrons. The van der Waals surface area contributed by atoms with Crippen molar-refractivity contribution in [2.45, 2.75) is 6.92 Å². The van der Waals surface area contributed by atoms with Crippen LogP contribution in [0.15, 0.2) is 53.2 Å². The van der Waals surface area contributed by atoms with Gasteiger partial charge in [-0.1, -0.05) is 11.6 Å². The van der Waals surface area contributed by atoms with Crippen molar-refractivity contribution in [1.29, 1.82) is 0 Å². The molecule has 0 bridgehead atoms. The molecule has 4 rings (SSSR count). The van der Waals surface area contributed by atoms with Gasteiger partial charge in [0.05, 0.1) is 0 Å². The predicted octanol–water partition coefficient (Wildman–Crippen LogP) is 3.77. The minimum Gasteiger partial charge on any atom is -0.368 e. The fourth-order valence-electron chi connectivity index (χ4n) is 3.64. The highest BCUT2D eigenvalue weighted by Crippen LogP contribution is 2.24. The Bertz CT molecular complexity index is 1180. The van der Waals surface area contributed by atoms with Gasteiger partial charge >= 0.3 is 0 Å². The maximum Gasteiger partial charge on any atom is 0.246 e. The lowest BCUT2D eigenvalue weighted by Crippen LogP contribution is -2.48. The van der Waals surface area contributed by atoms with Crippen LogP contribution in [0.2, 0.25) is 5.02 Å². The standard InChI is InChI=1S/C25H27ClN6O2S/c1-18(33)27-9-10-28-22-16-23(30-25(29-22)20-3-5-21(26)6-4-20)31-11-13-32(14-12-31)24(34)7-2-19-8-15-35-17-19/h2-8,15-17H,9-14H2,1H3,(H,27,33)(H,28,29,30)/b7-2+. The van der Waals surface area contributed by atoms with E-state index in [1.165, 1.54) is 6.92 Å². The van der Waals surface area contributed by atoms with Crippen molar-refractivity contribution in [3.63, 3.8) is 0 Å². The molecule has 0 saturated carbocycles. The summed E-state index contributed by atoms with van der Waals surface area (Å²) in [5.74, 6) is 1.98. The molecule has 2 amide bonds. The summed E-state index contributed by atoms with van der Waals surface area (Å²) >= 11 is 7.66. The smallest absolute Gasteiger partial charge is 0.246 e. The Kier molecular flexibility index (Phi) is 8.33. The zero-order valence-corrected chi connectivity index (χ0v) is 21.0. The molecule has 2 aromatic heterocycles. The number of carbonyl (C=O) groups is 2. The summed E-state index contributed by atoms with van der Waals surface area (Å²) in [6, 6.07) is 11.3. The second kappa shape index (κ2) is 11.8. The van der Waals surface area contributed by atoms with Crippen LogP contribution in [0.25, 0.3) is 17.5 Å². The van der Waals surface area contributed by atoms with Gasteiger partial charge in [0.25, 0.3) is 0 Å². The molecule has 10 heteroatoms. The number of thiophene rings is 1. The fourth-order valence-corrected chi connectivity index (χ4v) is 4.40. The third-order valence-corrected chi connectivity index (χ3v) is 6.45. The SMILES string of the molecule is CC(=O)NCCNc1cc(N2CCN(C(=O)/C=C/c3ccsc3)CC2)nc(-c2ccc(Cl)cc2)n1. The number of aromatic nitrogens is 2. The van der Waals surface area contributed by atoms with E-state index >= 15 is 0 Å². The summed E-state index contributed by atoms with van der Waals surface area (Å²) in [5.41, 5.74) is 1.89. The summed E-state index contributed by atoms with van der Waals surface area (Å²) in [6.07, 6.45) is 3.49. The van der Waals surface area contributed by atoms with Gasteiger partial charge in [0.15, 0.2) is 5.82 Å². The lowest BCUT2D eigenvalue weighted by atomic mass is 10.2. The van der Waals surface area contributed by atoms with E-state index < -0.39 is 0 Å². The Morgan fingerprint density at radius 1 is 1.09 bits per heavy atom. The predicted molar refractivity (Wildman–Crippen MR) is 142 cm³/mol. The summed E-state index contributed by atoms with van der Waals surface area (Å²) < 4.78 is 0. The Labute approximate surface area is 213 Å². The van der Waals surface area contributed by atoms with E-state index in [2.05, 4.69) is 20.5 Å². The van der Waals surface area contributed by atoms with Gasteiger partial charge in [0.2, 0.25) is 11.8 Å². The highest BCUT2D eigenvalue weighted by Gasteiger charge is 2.22. The second-order valence-corrected chi connectivity index (χ2v) is 9.27. The number of amides is 2. The van der Waals surface area contributed by atoms with Crippen LogP contribution in [0.3, 0.4) is 0 Å². The van der Waals surface area contributed by atoms with Crippen molar-refractivity contribution in [3.8, 4) is 11.4 Å². The number of halogens is 1. The quantitative estimate of drug-likeness (QED) is 0.354. The van der Waals surface area contributed by atoms with Crippen LogP contribution in [-0.2, 0) is 9.59 Å². The number of hydrogen-bond donors (Lipinski definition) is 2. The number of rotatable bonds is 8. The van der Waals surface area contributed by atoms with Crippen LogP contribution in [-0.4, -0.2) is 66.0 Å². The van der Waals surface area contributed by atoms with E-state index in [4.69, 9.17) is 16.6 Å². The maximum absolute atomic E-state index is 12.6. The minimum absolute atomic E-state index is 0.0146. The molecular weight excluding hydrogens is 484 g/mol. The molecule has 0 spiro atoms. The minimum atomic E-state index is -0.0744. The van der Waals surface area contributed by atoms with Crippen molar-refractivity contribution in [2.75, 3.05) is 49.5 Å². The summed E-state index contributed by atoms with van der Waals surface area (Å²) in [4.78, 5) is 37.2. The van der Waals surface area contributed by atoms with E-state index in [9.17, 15) is 9.59 Å². The van der Waals surface area contributed by atoms with E-state index in [1.807, 2.05) is 58.1 Å². The van der Waals surface area contributed by atoms with E-state index in [0.717, 1.165) is 16.9 Å². The fraction of sp³-hybridized carbons (Fsp3) is 0.280. The number of carbonyl (C=O) groups excluding carboxylic acids is 2. The van der Waals surface area contributed by atoms with Gasteiger partial charge in [0.1, 0.15) is 11.6 Å². The molecule has 8 nitrogen and oxygen atoms in total. The van der Waals surface area contributed by atoms with Crippen molar-refractivity contribution in [1.82, 2.24) is 20.2 Å². The molecule has 1 fully saturated rings. The Morgan fingerprint density at radius 2 is 1.86 bits per heavy atom. The van der Waals surface area contributed by atoms with Crippen LogP contribution < -0.4 is 15.5 Å². The van der Waals surface area contributed by atoms with E-state index in [0.29, 0.717) is 55.9 Å². The van der Waals surface area contributed by atoms with E-state index in [-0.39, 0.29) is 11.8 Å². The number of hydrogen-bond acceptors (Lipinski definition) is 7. The first-order chi connectivity index (χ1) is 17.0. The summed E-state index contributed by atoms with van der Waals surface area (Å²) in [5, 5.41) is 10.7. The molecule has 35 heavy (non-hydrogen) atoms. The maximum atomic E-state index is 12.6. The van der Waals surface area contributed by atoms with Gasteiger partial charge < -0.3 is 20.4 Å². The highest BCUT2D eigenvalue weighted by molar-refractivity contribution is 7.08. The number of piperazine rings is 1. The van der Waals surface area contributed by atoms with Gasteiger partial charge in [-0.05, 0) is 52.7 Å². The Hall–Kier alpha value is -3.43.